The van der Waals surface area contributed by atoms with Crippen LogP contribution in [-0.2, 0) is 16.4 Å². The number of sulfonamides is 1. The maximum absolute atomic E-state index is 11.5. The Balaban J connectivity index is 1.76. The largest absolute Gasteiger partial charge is 0.495 e. The van der Waals surface area contributed by atoms with Crippen molar-refractivity contribution in [3.8, 4) is 17.0 Å². The van der Waals surface area contributed by atoms with Crippen LogP contribution >= 0.6 is 11.6 Å². The Kier molecular flexibility index (Phi) is 6.36. The number of benzene rings is 2. The third kappa shape index (κ3) is 5.23. The standard InChI is InChI=1S/C20H21ClN4O3S/c1-13-24-17(16-7-4-8-18(28-2)20(16)21)12-19(25-13)23-10-9-14-5-3-6-15(11-14)29(22,26)27/h3-8,11-12H,9-10H2,1-2H3,(H2,22,26,27)(H,23,24,25). The second-order valence-electron chi connectivity index (χ2n) is 6.38. The molecule has 0 atom stereocenters. The number of aromatic nitrogens is 2. The molecule has 7 nitrogen and oxygen atoms in total. The SMILES string of the molecule is COc1cccc(-c2cc(NCCc3cccc(S(N)(=O)=O)c3)nc(C)n2)c1Cl. The van der Waals surface area contributed by atoms with Crippen LogP contribution in [0, 0.1) is 6.92 Å². The number of methoxy groups -OCH3 is 1. The molecular formula is C20H21ClN4O3S. The zero-order chi connectivity index (χ0) is 21.0. The number of nitrogens with two attached hydrogens (primary N) is 1. The molecule has 0 unspecified atom stereocenters. The minimum atomic E-state index is -3.72. The molecule has 0 aliphatic heterocycles. The average molecular weight is 433 g/mol. The van der Waals surface area contributed by atoms with Crippen LogP contribution in [0.1, 0.15) is 11.4 Å². The van der Waals surface area contributed by atoms with Crippen molar-refractivity contribution < 1.29 is 13.2 Å². The highest BCUT2D eigenvalue weighted by Gasteiger charge is 2.12. The minimum absolute atomic E-state index is 0.0998. The quantitative estimate of drug-likeness (QED) is 0.592. The summed E-state index contributed by atoms with van der Waals surface area (Å²) in [5.41, 5.74) is 2.28. The predicted octanol–water partition coefficient (Wildman–Crippen LogP) is 3.42. The molecule has 0 spiro atoms. The highest BCUT2D eigenvalue weighted by atomic mass is 35.5. The molecule has 0 aliphatic rings. The summed E-state index contributed by atoms with van der Waals surface area (Å²) in [6.07, 6.45) is 0.599. The molecule has 0 saturated carbocycles. The number of hydrogen-bond donors (Lipinski definition) is 2. The van der Waals surface area contributed by atoms with Crippen LogP contribution in [0.25, 0.3) is 11.3 Å². The van der Waals surface area contributed by atoms with E-state index in [1.54, 1.807) is 32.2 Å². The van der Waals surface area contributed by atoms with Crippen molar-refractivity contribution in [1.29, 1.82) is 0 Å². The van der Waals surface area contributed by atoms with E-state index in [9.17, 15) is 8.42 Å². The summed E-state index contributed by atoms with van der Waals surface area (Å²) in [6.45, 7) is 2.36. The van der Waals surface area contributed by atoms with Crippen LogP contribution in [0.4, 0.5) is 5.82 Å². The summed E-state index contributed by atoms with van der Waals surface area (Å²) in [5.74, 6) is 1.82. The van der Waals surface area contributed by atoms with Crippen molar-refractivity contribution in [2.24, 2.45) is 5.14 Å². The number of ether oxygens (including phenoxy) is 1. The van der Waals surface area contributed by atoms with Crippen molar-refractivity contribution in [3.63, 3.8) is 0 Å². The first-order valence-electron chi connectivity index (χ1n) is 8.82. The number of nitrogens with zero attached hydrogens (tertiary/aromatic N) is 2. The molecule has 0 saturated heterocycles. The van der Waals surface area contributed by atoms with Crippen molar-refractivity contribution in [2.75, 3.05) is 19.0 Å². The second kappa shape index (κ2) is 8.77. The fourth-order valence-corrected chi connectivity index (χ4v) is 3.76. The zero-order valence-electron chi connectivity index (χ0n) is 16.0. The Morgan fingerprint density at radius 3 is 2.62 bits per heavy atom. The molecular weight excluding hydrogens is 412 g/mol. The van der Waals surface area contributed by atoms with Gasteiger partial charge in [0, 0.05) is 18.2 Å². The maximum Gasteiger partial charge on any atom is 0.238 e. The van der Waals surface area contributed by atoms with E-state index in [1.807, 2.05) is 24.3 Å². The first-order valence-corrected chi connectivity index (χ1v) is 10.7. The summed E-state index contributed by atoms with van der Waals surface area (Å²) in [5, 5.41) is 8.92. The number of rotatable bonds is 7. The van der Waals surface area contributed by atoms with Crippen molar-refractivity contribution >= 4 is 27.4 Å². The predicted molar refractivity (Wildman–Crippen MR) is 114 cm³/mol. The van der Waals surface area contributed by atoms with Crippen LogP contribution in [0.5, 0.6) is 5.75 Å². The van der Waals surface area contributed by atoms with E-state index in [-0.39, 0.29) is 4.90 Å². The number of hydrogen-bond acceptors (Lipinski definition) is 6. The molecule has 2 aromatic carbocycles. The van der Waals surface area contributed by atoms with Gasteiger partial charge < -0.3 is 10.1 Å². The minimum Gasteiger partial charge on any atom is -0.495 e. The van der Waals surface area contributed by atoms with Gasteiger partial charge in [0.05, 0.1) is 22.7 Å². The number of halogens is 1. The van der Waals surface area contributed by atoms with Crippen LogP contribution in [0.2, 0.25) is 5.02 Å². The third-order valence-electron chi connectivity index (χ3n) is 4.24. The summed E-state index contributed by atoms with van der Waals surface area (Å²) < 4.78 is 28.2. The van der Waals surface area contributed by atoms with Gasteiger partial charge in [-0.15, -0.1) is 0 Å². The van der Waals surface area contributed by atoms with E-state index in [1.165, 1.54) is 6.07 Å². The molecule has 0 fully saturated rings. The first-order chi connectivity index (χ1) is 13.8. The average Bonchev–Trinajstić information content (AvgIpc) is 2.67. The Hall–Kier alpha value is -2.68. The summed E-state index contributed by atoms with van der Waals surface area (Å²) in [6, 6.07) is 13.9. The third-order valence-corrected chi connectivity index (χ3v) is 5.54. The summed E-state index contributed by atoms with van der Waals surface area (Å²) in [4.78, 5) is 8.98. The second-order valence-corrected chi connectivity index (χ2v) is 8.32. The van der Waals surface area contributed by atoms with Gasteiger partial charge in [-0.3, -0.25) is 0 Å². The molecule has 3 N–H and O–H groups in total. The fraction of sp³-hybridized carbons (Fsp3) is 0.200. The smallest absolute Gasteiger partial charge is 0.238 e. The van der Waals surface area contributed by atoms with Gasteiger partial charge in [0.15, 0.2) is 0 Å². The molecule has 3 rings (SSSR count). The summed E-state index contributed by atoms with van der Waals surface area (Å²) in [7, 11) is -2.15. The topological polar surface area (TPSA) is 107 Å². The monoisotopic (exact) mass is 432 g/mol. The van der Waals surface area contributed by atoms with E-state index >= 15 is 0 Å². The van der Waals surface area contributed by atoms with Gasteiger partial charge in [-0.1, -0.05) is 35.9 Å². The first kappa shape index (κ1) is 21.0. The molecule has 0 amide bonds. The van der Waals surface area contributed by atoms with Crippen molar-refractivity contribution in [3.05, 3.63) is 64.9 Å². The lowest BCUT2D eigenvalue weighted by molar-refractivity contribution is 0.415. The van der Waals surface area contributed by atoms with Gasteiger partial charge in [-0.25, -0.2) is 23.5 Å². The molecule has 1 heterocycles. The van der Waals surface area contributed by atoms with Crippen molar-refractivity contribution in [1.82, 2.24) is 9.97 Å². The maximum atomic E-state index is 11.5. The van der Waals surface area contributed by atoms with E-state index in [2.05, 4.69) is 15.3 Å². The molecule has 1 aromatic heterocycles. The molecule has 152 valence electrons. The Morgan fingerprint density at radius 2 is 1.90 bits per heavy atom. The molecule has 9 heteroatoms. The van der Waals surface area contributed by atoms with Gasteiger partial charge in [-0.2, -0.15) is 0 Å². The molecule has 3 aromatic rings. The van der Waals surface area contributed by atoms with Gasteiger partial charge in [-0.05, 0) is 37.1 Å². The highest BCUT2D eigenvalue weighted by molar-refractivity contribution is 7.89. The van der Waals surface area contributed by atoms with Crippen LogP contribution in [0.3, 0.4) is 0 Å². The lowest BCUT2D eigenvalue weighted by Crippen LogP contribution is -2.13. The zero-order valence-corrected chi connectivity index (χ0v) is 17.6. The van der Waals surface area contributed by atoms with E-state index in [0.717, 1.165) is 11.1 Å². The number of anilines is 1. The van der Waals surface area contributed by atoms with Gasteiger partial charge in [0.1, 0.15) is 17.4 Å². The van der Waals surface area contributed by atoms with E-state index in [4.69, 9.17) is 21.5 Å². The Labute approximate surface area is 175 Å². The lowest BCUT2D eigenvalue weighted by atomic mass is 10.1. The number of aryl methyl sites for hydroxylation is 1. The van der Waals surface area contributed by atoms with Crippen molar-refractivity contribution in [2.45, 2.75) is 18.2 Å². The normalized spacial score (nSPS) is 11.3. The van der Waals surface area contributed by atoms with E-state index < -0.39 is 10.0 Å². The lowest BCUT2D eigenvalue weighted by Gasteiger charge is -2.11. The molecule has 0 aliphatic carbocycles. The van der Waals surface area contributed by atoms with Gasteiger partial charge in [0.25, 0.3) is 0 Å². The van der Waals surface area contributed by atoms with Gasteiger partial charge >= 0.3 is 0 Å². The number of nitrogens with one attached hydrogen (secondary N) is 1. The van der Waals surface area contributed by atoms with Crippen LogP contribution in [-0.4, -0.2) is 32.0 Å². The Bertz CT molecular complexity index is 1140. The van der Waals surface area contributed by atoms with Crippen LogP contribution < -0.4 is 15.2 Å². The highest BCUT2D eigenvalue weighted by Crippen LogP contribution is 2.34. The molecule has 29 heavy (non-hydrogen) atoms. The van der Waals surface area contributed by atoms with Crippen LogP contribution in [0.15, 0.2) is 53.4 Å². The summed E-state index contributed by atoms with van der Waals surface area (Å²) >= 11 is 6.42. The number of primary sulfonamides is 1. The molecule has 0 bridgehead atoms. The van der Waals surface area contributed by atoms with E-state index in [0.29, 0.717) is 41.1 Å². The molecule has 0 radical (unpaired) electrons. The fourth-order valence-electron chi connectivity index (χ4n) is 2.88. The van der Waals surface area contributed by atoms with Gasteiger partial charge in [0.2, 0.25) is 10.0 Å². The Morgan fingerprint density at radius 1 is 1.14 bits per heavy atom.